The van der Waals surface area contributed by atoms with Crippen LogP contribution in [0.2, 0.25) is 0 Å². The lowest BCUT2D eigenvalue weighted by atomic mass is 10.0. The van der Waals surface area contributed by atoms with Gasteiger partial charge < -0.3 is 10.4 Å². The van der Waals surface area contributed by atoms with E-state index in [2.05, 4.69) is 12.2 Å². The molecule has 2 atom stereocenters. The predicted octanol–water partition coefficient (Wildman–Crippen LogP) is 1.71. The van der Waals surface area contributed by atoms with E-state index in [4.69, 9.17) is 0 Å². The van der Waals surface area contributed by atoms with Crippen LogP contribution in [0, 0.1) is 5.92 Å². The average molecular weight is 312 g/mol. The highest BCUT2D eigenvalue weighted by molar-refractivity contribution is 7.88. The fourth-order valence-electron chi connectivity index (χ4n) is 2.83. The number of phenolic OH excluding ortho intramolecular Hbond substituents is 1. The van der Waals surface area contributed by atoms with E-state index in [9.17, 15) is 13.5 Å². The Morgan fingerprint density at radius 3 is 2.71 bits per heavy atom. The molecule has 1 aliphatic rings. The maximum absolute atomic E-state index is 11.5. The summed E-state index contributed by atoms with van der Waals surface area (Å²) < 4.78 is 24.6. The van der Waals surface area contributed by atoms with Gasteiger partial charge in [-0.1, -0.05) is 25.1 Å². The molecule has 1 saturated heterocycles. The second-order valence-corrected chi connectivity index (χ2v) is 7.69. The maximum atomic E-state index is 11.5. The van der Waals surface area contributed by atoms with Crippen LogP contribution in [-0.2, 0) is 10.0 Å². The van der Waals surface area contributed by atoms with Gasteiger partial charge in [0.25, 0.3) is 0 Å². The Morgan fingerprint density at radius 1 is 1.43 bits per heavy atom. The first-order valence-corrected chi connectivity index (χ1v) is 9.23. The van der Waals surface area contributed by atoms with Crippen LogP contribution >= 0.6 is 0 Å². The van der Waals surface area contributed by atoms with Crippen LogP contribution in [0.1, 0.15) is 31.4 Å². The summed E-state index contributed by atoms with van der Waals surface area (Å²) in [6.07, 6.45) is 3.02. The van der Waals surface area contributed by atoms with E-state index in [1.807, 2.05) is 18.2 Å². The van der Waals surface area contributed by atoms with Gasteiger partial charge in [0.05, 0.1) is 6.26 Å². The number of aromatic hydroxyl groups is 1. The van der Waals surface area contributed by atoms with Crippen LogP contribution in [0.4, 0.5) is 0 Å². The van der Waals surface area contributed by atoms with Crippen LogP contribution in [0.15, 0.2) is 24.3 Å². The lowest BCUT2D eigenvalue weighted by Crippen LogP contribution is -2.31. The monoisotopic (exact) mass is 312 g/mol. The van der Waals surface area contributed by atoms with Crippen molar-refractivity contribution in [2.75, 3.05) is 25.9 Å². The number of phenols is 1. The van der Waals surface area contributed by atoms with Crippen LogP contribution in [-0.4, -0.2) is 43.7 Å². The van der Waals surface area contributed by atoms with E-state index in [0.717, 1.165) is 24.9 Å². The highest BCUT2D eigenvalue weighted by Crippen LogP contribution is 2.26. The molecule has 6 heteroatoms. The van der Waals surface area contributed by atoms with Gasteiger partial charge in [-0.05, 0) is 31.4 Å². The Kier molecular flexibility index (Phi) is 5.24. The molecule has 1 heterocycles. The molecule has 1 aromatic carbocycles. The first kappa shape index (κ1) is 16.3. The van der Waals surface area contributed by atoms with E-state index in [1.165, 1.54) is 6.26 Å². The van der Waals surface area contributed by atoms with Gasteiger partial charge in [0, 0.05) is 24.7 Å². The van der Waals surface area contributed by atoms with Crippen molar-refractivity contribution >= 4 is 10.0 Å². The third kappa shape index (κ3) is 4.18. The number of hydrogen-bond acceptors (Lipinski definition) is 4. The normalized spacial score (nSPS) is 21.5. The van der Waals surface area contributed by atoms with Crippen molar-refractivity contribution in [2.24, 2.45) is 5.92 Å². The lowest BCUT2D eigenvalue weighted by Gasteiger charge is -2.21. The molecule has 1 aliphatic heterocycles. The number of rotatable bonds is 6. The quantitative estimate of drug-likeness (QED) is 0.839. The summed E-state index contributed by atoms with van der Waals surface area (Å²) in [4.78, 5) is 0. The number of nitrogens with zero attached hydrogens (tertiary/aromatic N) is 1. The molecule has 2 rings (SSSR count). The lowest BCUT2D eigenvalue weighted by molar-refractivity contribution is 0.405. The van der Waals surface area contributed by atoms with Crippen molar-refractivity contribution in [1.82, 2.24) is 9.62 Å². The molecule has 0 aromatic heterocycles. The summed E-state index contributed by atoms with van der Waals surface area (Å²) in [5, 5.41) is 13.4. The van der Waals surface area contributed by atoms with Gasteiger partial charge in [0.1, 0.15) is 5.75 Å². The van der Waals surface area contributed by atoms with Crippen molar-refractivity contribution < 1.29 is 13.5 Å². The van der Waals surface area contributed by atoms with Gasteiger partial charge in [-0.2, -0.15) is 0 Å². The molecule has 2 N–H and O–H groups in total. The average Bonchev–Trinajstić information content (AvgIpc) is 2.90. The molecule has 0 radical (unpaired) electrons. The van der Waals surface area contributed by atoms with Crippen molar-refractivity contribution in [2.45, 2.75) is 25.8 Å². The molecular weight excluding hydrogens is 288 g/mol. The number of sulfonamides is 1. The van der Waals surface area contributed by atoms with E-state index in [1.54, 1.807) is 10.4 Å². The number of benzene rings is 1. The summed E-state index contributed by atoms with van der Waals surface area (Å²) in [6, 6.07) is 7.44. The zero-order valence-corrected chi connectivity index (χ0v) is 13.4. The van der Waals surface area contributed by atoms with Gasteiger partial charge in [-0.3, -0.25) is 0 Å². The standard InChI is InChI=1S/C15H24N2O3S/c1-3-14(13-6-4-5-7-15(13)18)16-10-12-8-9-17(11-12)21(2,19)20/h4-7,12,14,16,18H,3,8-11H2,1-2H3. The first-order valence-electron chi connectivity index (χ1n) is 7.38. The second kappa shape index (κ2) is 6.77. The molecule has 5 nitrogen and oxygen atoms in total. The van der Waals surface area contributed by atoms with Crippen molar-refractivity contribution in [3.8, 4) is 5.75 Å². The zero-order chi connectivity index (χ0) is 15.5. The molecule has 118 valence electrons. The number of hydrogen-bond donors (Lipinski definition) is 2. The molecule has 0 saturated carbocycles. The molecular formula is C15H24N2O3S. The molecule has 21 heavy (non-hydrogen) atoms. The minimum atomic E-state index is -3.07. The Bertz CT molecular complexity index is 574. The molecule has 0 amide bonds. The largest absolute Gasteiger partial charge is 0.508 e. The van der Waals surface area contributed by atoms with E-state index >= 15 is 0 Å². The van der Waals surface area contributed by atoms with Gasteiger partial charge in [-0.15, -0.1) is 0 Å². The molecule has 0 spiro atoms. The topological polar surface area (TPSA) is 69.6 Å². The summed E-state index contributed by atoms with van der Waals surface area (Å²) in [5.74, 6) is 0.640. The van der Waals surface area contributed by atoms with Gasteiger partial charge >= 0.3 is 0 Å². The Hall–Kier alpha value is -1.11. The van der Waals surface area contributed by atoms with Crippen molar-refractivity contribution in [3.63, 3.8) is 0 Å². The van der Waals surface area contributed by atoms with Crippen molar-refractivity contribution in [1.29, 1.82) is 0 Å². The Balaban J connectivity index is 1.92. The summed E-state index contributed by atoms with van der Waals surface area (Å²) in [5.41, 5.74) is 0.901. The SMILES string of the molecule is CCC(NCC1CCN(S(C)(=O)=O)C1)c1ccccc1O. The molecule has 1 aromatic rings. The number of para-hydroxylation sites is 1. The van der Waals surface area contributed by atoms with E-state index in [-0.39, 0.29) is 6.04 Å². The van der Waals surface area contributed by atoms with Crippen molar-refractivity contribution in [3.05, 3.63) is 29.8 Å². The zero-order valence-electron chi connectivity index (χ0n) is 12.6. The molecule has 0 bridgehead atoms. The fourth-order valence-corrected chi connectivity index (χ4v) is 3.75. The molecule has 1 fully saturated rings. The maximum Gasteiger partial charge on any atom is 0.211 e. The highest BCUT2D eigenvalue weighted by Gasteiger charge is 2.28. The van der Waals surface area contributed by atoms with Crippen LogP contribution in [0.5, 0.6) is 5.75 Å². The minimum absolute atomic E-state index is 0.0958. The summed E-state index contributed by atoms with van der Waals surface area (Å²) in [6.45, 7) is 4.03. The Labute approximate surface area is 127 Å². The third-order valence-electron chi connectivity index (χ3n) is 4.09. The summed E-state index contributed by atoms with van der Waals surface area (Å²) in [7, 11) is -3.07. The number of nitrogens with one attached hydrogen (secondary N) is 1. The summed E-state index contributed by atoms with van der Waals surface area (Å²) >= 11 is 0. The third-order valence-corrected chi connectivity index (χ3v) is 5.36. The van der Waals surface area contributed by atoms with Gasteiger partial charge in [-0.25, -0.2) is 12.7 Å². The van der Waals surface area contributed by atoms with Gasteiger partial charge in [0.2, 0.25) is 10.0 Å². The molecule has 0 aliphatic carbocycles. The Morgan fingerprint density at radius 2 is 2.14 bits per heavy atom. The van der Waals surface area contributed by atoms with Crippen LogP contribution in [0.25, 0.3) is 0 Å². The van der Waals surface area contributed by atoms with Gasteiger partial charge in [0.15, 0.2) is 0 Å². The molecule has 2 unspecified atom stereocenters. The van der Waals surface area contributed by atoms with Crippen LogP contribution < -0.4 is 5.32 Å². The predicted molar refractivity (Wildman–Crippen MR) is 83.7 cm³/mol. The van der Waals surface area contributed by atoms with E-state index in [0.29, 0.717) is 24.8 Å². The fraction of sp³-hybridized carbons (Fsp3) is 0.600. The van der Waals surface area contributed by atoms with E-state index < -0.39 is 10.0 Å². The van der Waals surface area contributed by atoms with Crippen LogP contribution in [0.3, 0.4) is 0 Å². The minimum Gasteiger partial charge on any atom is -0.508 e. The second-order valence-electron chi connectivity index (χ2n) is 5.70. The first-order chi connectivity index (χ1) is 9.91. The highest BCUT2D eigenvalue weighted by atomic mass is 32.2. The smallest absolute Gasteiger partial charge is 0.211 e.